The van der Waals surface area contributed by atoms with Gasteiger partial charge in [0, 0.05) is 5.56 Å². The molecule has 0 aromatic heterocycles. The average molecular weight is 419 g/mol. The van der Waals surface area contributed by atoms with Crippen molar-refractivity contribution in [3.63, 3.8) is 0 Å². The molecule has 0 aliphatic rings. The molecule has 3 aromatic carbocycles. The molecule has 0 saturated heterocycles. The number of carbonyl (C=O) groups excluding carboxylic acids is 2. The Balaban J connectivity index is 1.56. The minimum Gasteiger partial charge on any atom is -0.495 e. The van der Waals surface area contributed by atoms with Gasteiger partial charge in [0.15, 0.2) is 6.10 Å². The number of hydrogen-bond donors (Lipinski definition) is 1. The average Bonchev–Trinajstić information content (AvgIpc) is 2.78. The van der Waals surface area contributed by atoms with Crippen LogP contribution in [0.3, 0.4) is 0 Å². The van der Waals surface area contributed by atoms with E-state index in [9.17, 15) is 9.59 Å². The highest BCUT2D eigenvalue weighted by Crippen LogP contribution is 2.26. The summed E-state index contributed by atoms with van der Waals surface area (Å²) in [5.74, 6) is 0.318. The van der Waals surface area contributed by atoms with Crippen molar-refractivity contribution in [2.75, 3.05) is 12.4 Å². The zero-order valence-corrected chi connectivity index (χ0v) is 17.8. The molecular weight excluding hydrogens is 394 g/mol. The molecule has 0 radical (unpaired) electrons. The molecule has 1 atom stereocenters. The molecule has 160 valence electrons. The predicted molar refractivity (Wildman–Crippen MR) is 118 cm³/mol. The minimum absolute atomic E-state index is 0.189. The van der Waals surface area contributed by atoms with Crippen LogP contribution in [0.1, 0.15) is 28.4 Å². The predicted octanol–water partition coefficient (Wildman–Crippen LogP) is 4.77. The van der Waals surface area contributed by atoms with Gasteiger partial charge in [0.2, 0.25) is 0 Å². The van der Waals surface area contributed by atoms with E-state index < -0.39 is 12.1 Å². The van der Waals surface area contributed by atoms with Gasteiger partial charge in [0.05, 0.1) is 12.8 Å². The molecule has 3 aromatic rings. The summed E-state index contributed by atoms with van der Waals surface area (Å²) in [6, 6.07) is 21.5. The van der Waals surface area contributed by atoms with Crippen LogP contribution in [0.4, 0.5) is 5.69 Å². The molecule has 0 unspecified atom stereocenters. The fourth-order valence-corrected chi connectivity index (χ4v) is 2.90. The first kappa shape index (κ1) is 21.9. The molecule has 1 amide bonds. The summed E-state index contributed by atoms with van der Waals surface area (Å²) >= 11 is 0. The van der Waals surface area contributed by atoms with Crippen molar-refractivity contribution in [3.05, 3.63) is 89.5 Å². The molecule has 3 rings (SSSR count). The van der Waals surface area contributed by atoms with Gasteiger partial charge in [-0.15, -0.1) is 0 Å². The van der Waals surface area contributed by atoms with Crippen LogP contribution < -0.4 is 14.8 Å². The molecule has 31 heavy (non-hydrogen) atoms. The van der Waals surface area contributed by atoms with Gasteiger partial charge in [-0.25, -0.2) is 4.79 Å². The number of nitrogens with one attached hydrogen (secondary N) is 1. The summed E-state index contributed by atoms with van der Waals surface area (Å²) in [6.07, 6.45) is -0.778. The second kappa shape index (κ2) is 10.3. The summed E-state index contributed by atoms with van der Waals surface area (Å²) in [5.41, 5.74) is 2.97. The van der Waals surface area contributed by atoms with Crippen LogP contribution in [0, 0.1) is 6.92 Å². The maximum Gasteiger partial charge on any atom is 0.347 e. The molecule has 0 spiro atoms. The maximum atomic E-state index is 12.6. The topological polar surface area (TPSA) is 73.9 Å². The number of carbonyl (C=O) groups is 2. The van der Waals surface area contributed by atoms with Crippen LogP contribution >= 0.6 is 0 Å². The Bertz CT molecular complexity index is 1030. The van der Waals surface area contributed by atoms with Gasteiger partial charge in [0.25, 0.3) is 5.91 Å². The van der Waals surface area contributed by atoms with E-state index in [-0.39, 0.29) is 12.5 Å². The van der Waals surface area contributed by atoms with Crippen molar-refractivity contribution in [3.8, 4) is 11.5 Å². The van der Waals surface area contributed by atoms with E-state index >= 15 is 0 Å². The second-order valence-corrected chi connectivity index (χ2v) is 7.04. The van der Waals surface area contributed by atoms with E-state index in [1.54, 1.807) is 44.4 Å². The van der Waals surface area contributed by atoms with Crippen molar-refractivity contribution < 1.29 is 23.8 Å². The highest BCUT2D eigenvalue weighted by molar-refractivity contribution is 6.05. The highest BCUT2D eigenvalue weighted by atomic mass is 16.6. The first-order valence-electron chi connectivity index (χ1n) is 9.89. The first-order valence-corrected chi connectivity index (χ1v) is 9.89. The fourth-order valence-electron chi connectivity index (χ4n) is 2.90. The number of aryl methyl sites for hydroxylation is 1. The molecule has 6 nitrogen and oxygen atoms in total. The van der Waals surface area contributed by atoms with Gasteiger partial charge in [-0.1, -0.05) is 36.4 Å². The van der Waals surface area contributed by atoms with Gasteiger partial charge in [-0.3, -0.25) is 4.79 Å². The van der Waals surface area contributed by atoms with E-state index in [4.69, 9.17) is 14.2 Å². The summed E-state index contributed by atoms with van der Waals surface area (Å²) in [5, 5.41) is 2.85. The monoisotopic (exact) mass is 419 g/mol. The van der Waals surface area contributed by atoms with Gasteiger partial charge in [-0.2, -0.15) is 0 Å². The molecule has 0 heterocycles. The molecule has 0 bridgehead atoms. The van der Waals surface area contributed by atoms with Crippen LogP contribution in [0.25, 0.3) is 0 Å². The van der Waals surface area contributed by atoms with Crippen LogP contribution in [-0.4, -0.2) is 25.1 Å². The minimum atomic E-state index is -0.778. The number of rotatable bonds is 8. The third kappa shape index (κ3) is 6.09. The second-order valence-electron chi connectivity index (χ2n) is 7.04. The smallest absolute Gasteiger partial charge is 0.347 e. The maximum absolute atomic E-state index is 12.6. The van der Waals surface area contributed by atoms with E-state index in [0.29, 0.717) is 22.7 Å². The van der Waals surface area contributed by atoms with Crippen molar-refractivity contribution in [1.29, 1.82) is 0 Å². The zero-order chi connectivity index (χ0) is 22.2. The SMILES string of the molecule is COc1ccc(C)cc1NC(=O)c1ccc(O[C@@H](C)C(=O)OCc2ccccc2)cc1. The van der Waals surface area contributed by atoms with Crippen molar-refractivity contribution in [2.45, 2.75) is 26.6 Å². The van der Waals surface area contributed by atoms with Crippen LogP contribution in [-0.2, 0) is 16.1 Å². The van der Waals surface area contributed by atoms with Crippen LogP contribution in [0.15, 0.2) is 72.8 Å². The Morgan fingerprint density at radius 1 is 0.968 bits per heavy atom. The quantitative estimate of drug-likeness (QED) is 0.533. The molecular formula is C25H25NO5. The van der Waals surface area contributed by atoms with Gasteiger partial charge in [0.1, 0.15) is 18.1 Å². The summed E-state index contributed by atoms with van der Waals surface area (Å²) in [7, 11) is 1.55. The first-order chi connectivity index (χ1) is 15.0. The molecule has 6 heteroatoms. The number of methoxy groups -OCH3 is 1. The largest absolute Gasteiger partial charge is 0.495 e. The highest BCUT2D eigenvalue weighted by Gasteiger charge is 2.17. The lowest BCUT2D eigenvalue weighted by atomic mass is 10.1. The lowest BCUT2D eigenvalue weighted by molar-refractivity contribution is -0.152. The molecule has 0 saturated carbocycles. The van der Waals surface area contributed by atoms with E-state index in [1.165, 1.54) is 0 Å². The zero-order valence-electron chi connectivity index (χ0n) is 17.8. The summed E-state index contributed by atoms with van der Waals surface area (Å²) in [4.78, 5) is 24.7. The van der Waals surface area contributed by atoms with Crippen molar-refractivity contribution in [1.82, 2.24) is 0 Å². The number of benzene rings is 3. The van der Waals surface area contributed by atoms with Crippen LogP contribution in [0.2, 0.25) is 0 Å². The Labute approximate surface area is 181 Å². The van der Waals surface area contributed by atoms with Crippen molar-refractivity contribution >= 4 is 17.6 Å². The number of ether oxygens (including phenoxy) is 3. The number of hydrogen-bond acceptors (Lipinski definition) is 5. The third-order valence-electron chi connectivity index (χ3n) is 4.59. The fraction of sp³-hybridized carbons (Fsp3) is 0.200. The normalized spacial score (nSPS) is 11.3. The Hall–Kier alpha value is -3.80. The lowest BCUT2D eigenvalue weighted by Crippen LogP contribution is -2.26. The molecule has 1 N–H and O–H groups in total. The van der Waals surface area contributed by atoms with Crippen molar-refractivity contribution in [2.24, 2.45) is 0 Å². The lowest BCUT2D eigenvalue weighted by Gasteiger charge is -2.15. The summed E-state index contributed by atoms with van der Waals surface area (Å²) in [6.45, 7) is 3.75. The summed E-state index contributed by atoms with van der Waals surface area (Å²) < 4.78 is 16.2. The number of amides is 1. The number of esters is 1. The standard InChI is InChI=1S/C25H25NO5/c1-17-9-14-23(29-3)22(15-17)26-24(27)20-10-12-21(13-11-20)31-18(2)25(28)30-16-19-7-5-4-6-8-19/h4-15,18H,16H2,1-3H3,(H,26,27)/t18-/m0/s1. The van der Waals surface area contributed by atoms with Gasteiger partial charge < -0.3 is 19.5 Å². The van der Waals surface area contributed by atoms with Gasteiger partial charge >= 0.3 is 5.97 Å². The van der Waals surface area contributed by atoms with E-state index in [1.807, 2.05) is 49.4 Å². The molecule has 0 fully saturated rings. The van der Waals surface area contributed by atoms with E-state index in [0.717, 1.165) is 11.1 Å². The molecule has 0 aliphatic heterocycles. The Morgan fingerprint density at radius 3 is 2.35 bits per heavy atom. The third-order valence-corrected chi connectivity index (χ3v) is 4.59. The Kier molecular flexibility index (Phi) is 7.27. The molecule has 0 aliphatic carbocycles. The van der Waals surface area contributed by atoms with E-state index in [2.05, 4.69) is 5.32 Å². The Morgan fingerprint density at radius 2 is 1.68 bits per heavy atom. The van der Waals surface area contributed by atoms with Crippen LogP contribution in [0.5, 0.6) is 11.5 Å². The number of anilines is 1. The van der Waals surface area contributed by atoms with Gasteiger partial charge in [-0.05, 0) is 61.4 Å².